The third kappa shape index (κ3) is 4.51. The lowest BCUT2D eigenvalue weighted by Crippen LogP contribution is -2.38. The van der Waals surface area contributed by atoms with Gasteiger partial charge in [0.15, 0.2) is 6.61 Å². The number of hydrogen-bond acceptors (Lipinski definition) is 7. The molecule has 0 fully saturated rings. The second-order valence-electron chi connectivity index (χ2n) is 8.03. The summed E-state index contributed by atoms with van der Waals surface area (Å²) in [5, 5.41) is 0. The molecule has 0 bridgehead atoms. The van der Waals surface area contributed by atoms with Crippen LogP contribution in [0.5, 0.6) is 5.75 Å². The molecule has 2 N–H and O–H groups in total. The maximum absolute atomic E-state index is 12.7. The Balaban J connectivity index is 1.48. The minimum Gasteiger partial charge on any atom is -0.482 e. The van der Waals surface area contributed by atoms with E-state index in [1.807, 2.05) is 43.4 Å². The van der Waals surface area contributed by atoms with E-state index in [0.717, 1.165) is 16.8 Å². The number of anilines is 3. The molecule has 1 aliphatic heterocycles. The van der Waals surface area contributed by atoms with Gasteiger partial charge in [0.25, 0.3) is 5.91 Å². The molecule has 0 radical (unpaired) electrons. The van der Waals surface area contributed by atoms with Crippen molar-refractivity contribution in [3.63, 3.8) is 0 Å². The lowest BCUT2D eigenvalue weighted by molar-refractivity contribution is -0.121. The Labute approximate surface area is 201 Å². The number of primary amides is 1. The van der Waals surface area contributed by atoms with Crippen LogP contribution < -0.4 is 20.3 Å². The second kappa shape index (κ2) is 9.22. The molecular formula is C26H22N6O3. The fraction of sp³-hybridized carbons (Fsp3) is 0.115. The van der Waals surface area contributed by atoms with Crippen LogP contribution in [0.3, 0.4) is 0 Å². The van der Waals surface area contributed by atoms with Crippen molar-refractivity contribution in [2.24, 2.45) is 5.73 Å². The zero-order valence-electron chi connectivity index (χ0n) is 19.0. The smallest absolute Gasteiger partial charge is 0.265 e. The predicted octanol–water partition coefficient (Wildman–Crippen LogP) is 3.33. The van der Waals surface area contributed by atoms with Gasteiger partial charge < -0.3 is 20.3 Å². The highest BCUT2D eigenvalue weighted by atomic mass is 16.5. The molecule has 9 heteroatoms. The summed E-state index contributed by atoms with van der Waals surface area (Å²) < 4.78 is 5.66. The van der Waals surface area contributed by atoms with E-state index >= 15 is 0 Å². The topological polar surface area (TPSA) is 115 Å². The fourth-order valence-corrected chi connectivity index (χ4v) is 3.86. The van der Waals surface area contributed by atoms with Gasteiger partial charge in [0.2, 0.25) is 11.9 Å². The van der Waals surface area contributed by atoms with E-state index < -0.39 is 5.91 Å². The van der Waals surface area contributed by atoms with Crippen molar-refractivity contribution in [2.45, 2.75) is 6.54 Å². The van der Waals surface area contributed by atoms with Crippen LogP contribution in [0.1, 0.15) is 15.9 Å². The summed E-state index contributed by atoms with van der Waals surface area (Å²) in [6.07, 6.45) is 5.11. The molecule has 35 heavy (non-hydrogen) atoms. The zero-order valence-corrected chi connectivity index (χ0v) is 19.0. The number of ether oxygens (including phenoxy) is 1. The number of hydrogen-bond donors (Lipinski definition) is 1. The highest BCUT2D eigenvalue weighted by Gasteiger charge is 2.26. The van der Waals surface area contributed by atoms with Gasteiger partial charge in [-0.1, -0.05) is 12.1 Å². The standard InChI is InChI=1S/C26H22N6O3/c1-31(20-6-2-5-19(12-20)25(27)34)26-29-11-9-21(30-26)18-7-8-23-22(13-18)32(24(33)16-35-23)15-17-4-3-10-28-14-17/h2-14H,15-16H2,1H3,(H2,27,34). The van der Waals surface area contributed by atoms with Crippen molar-refractivity contribution in [3.05, 3.63) is 90.4 Å². The Morgan fingerprint density at radius 3 is 2.80 bits per heavy atom. The van der Waals surface area contributed by atoms with E-state index in [2.05, 4.69) is 9.97 Å². The number of amides is 2. The average molecular weight is 467 g/mol. The third-order valence-electron chi connectivity index (χ3n) is 5.72. The molecule has 9 nitrogen and oxygen atoms in total. The van der Waals surface area contributed by atoms with Gasteiger partial charge in [-0.15, -0.1) is 0 Å². The van der Waals surface area contributed by atoms with Crippen LogP contribution in [0.25, 0.3) is 11.3 Å². The van der Waals surface area contributed by atoms with Crippen LogP contribution in [0.15, 0.2) is 79.3 Å². The molecule has 5 rings (SSSR count). The lowest BCUT2D eigenvalue weighted by Gasteiger charge is -2.30. The first kappa shape index (κ1) is 22.0. The summed E-state index contributed by atoms with van der Waals surface area (Å²) >= 11 is 0. The normalized spacial score (nSPS) is 12.6. The molecule has 0 atom stereocenters. The van der Waals surface area contributed by atoms with Gasteiger partial charge >= 0.3 is 0 Å². The number of fused-ring (bicyclic) bond motifs is 1. The van der Waals surface area contributed by atoms with E-state index in [9.17, 15) is 9.59 Å². The van der Waals surface area contributed by atoms with E-state index in [1.54, 1.807) is 52.7 Å². The van der Waals surface area contributed by atoms with Gasteiger partial charge in [0, 0.05) is 42.5 Å². The van der Waals surface area contributed by atoms with E-state index in [1.165, 1.54) is 0 Å². The molecule has 0 saturated heterocycles. The number of aromatic nitrogens is 3. The minimum atomic E-state index is -0.503. The molecule has 0 unspecified atom stereocenters. The Hall–Kier alpha value is -4.79. The van der Waals surface area contributed by atoms with Crippen LogP contribution in [0.2, 0.25) is 0 Å². The van der Waals surface area contributed by atoms with Gasteiger partial charge in [-0.05, 0) is 54.1 Å². The molecule has 4 aromatic rings. The maximum atomic E-state index is 12.7. The van der Waals surface area contributed by atoms with Gasteiger partial charge in [0.05, 0.1) is 17.9 Å². The number of carbonyl (C=O) groups excluding carboxylic acids is 2. The van der Waals surface area contributed by atoms with Crippen LogP contribution in [0.4, 0.5) is 17.3 Å². The quantitative estimate of drug-likeness (QED) is 0.463. The van der Waals surface area contributed by atoms with Crippen molar-refractivity contribution in [3.8, 4) is 17.0 Å². The summed E-state index contributed by atoms with van der Waals surface area (Å²) in [4.78, 5) is 41.0. The van der Waals surface area contributed by atoms with Crippen molar-refractivity contribution < 1.29 is 14.3 Å². The summed E-state index contributed by atoms with van der Waals surface area (Å²) in [5.41, 5.74) is 9.62. The summed E-state index contributed by atoms with van der Waals surface area (Å²) in [7, 11) is 1.81. The van der Waals surface area contributed by atoms with Crippen LogP contribution in [-0.2, 0) is 11.3 Å². The van der Waals surface area contributed by atoms with Crippen molar-refractivity contribution in [1.82, 2.24) is 15.0 Å². The SMILES string of the molecule is CN(c1cccc(C(N)=O)c1)c1nccc(-c2ccc3c(c2)N(Cc2cccnc2)C(=O)CO3)n1. The molecule has 1 aliphatic rings. The predicted molar refractivity (Wildman–Crippen MR) is 131 cm³/mol. The van der Waals surface area contributed by atoms with Gasteiger partial charge in [-0.25, -0.2) is 9.97 Å². The zero-order chi connectivity index (χ0) is 24.4. The summed E-state index contributed by atoms with van der Waals surface area (Å²) in [6.45, 7) is 0.375. The molecular weight excluding hydrogens is 444 g/mol. The first-order valence-corrected chi connectivity index (χ1v) is 10.9. The first-order chi connectivity index (χ1) is 17.0. The molecule has 3 heterocycles. The maximum Gasteiger partial charge on any atom is 0.265 e. The summed E-state index contributed by atoms with van der Waals surface area (Å²) in [6, 6.07) is 18.2. The fourth-order valence-electron chi connectivity index (χ4n) is 3.86. The number of nitrogens with two attached hydrogens (primary N) is 1. The van der Waals surface area contributed by atoms with E-state index in [-0.39, 0.29) is 12.5 Å². The minimum absolute atomic E-state index is 0.0145. The number of carbonyl (C=O) groups is 2. The van der Waals surface area contributed by atoms with Crippen LogP contribution in [0, 0.1) is 0 Å². The van der Waals surface area contributed by atoms with Gasteiger partial charge in [0.1, 0.15) is 5.75 Å². The van der Waals surface area contributed by atoms with Gasteiger partial charge in [-0.3, -0.25) is 14.6 Å². The second-order valence-corrected chi connectivity index (χ2v) is 8.03. The third-order valence-corrected chi connectivity index (χ3v) is 5.72. The molecule has 0 aliphatic carbocycles. The van der Waals surface area contributed by atoms with Crippen molar-refractivity contribution in [1.29, 1.82) is 0 Å². The number of rotatable bonds is 6. The molecule has 2 aromatic carbocycles. The summed E-state index contributed by atoms with van der Waals surface area (Å²) in [5.74, 6) is 0.445. The van der Waals surface area contributed by atoms with Crippen LogP contribution >= 0.6 is 0 Å². The molecule has 2 amide bonds. The highest BCUT2D eigenvalue weighted by Crippen LogP contribution is 2.37. The van der Waals surface area contributed by atoms with Crippen LogP contribution in [-0.4, -0.2) is 40.4 Å². The molecule has 2 aromatic heterocycles. The average Bonchev–Trinajstić information content (AvgIpc) is 2.90. The molecule has 0 saturated carbocycles. The molecule has 0 spiro atoms. The Morgan fingerprint density at radius 2 is 2.00 bits per heavy atom. The monoisotopic (exact) mass is 466 g/mol. The van der Waals surface area contributed by atoms with Gasteiger partial charge in [-0.2, -0.15) is 0 Å². The molecule has 174 valence electrons. The van der Waals surface area contributed by atoms with E-state index in [4.69, 9.17) is 15.5 Å². The highest BCUT2D eigenvalue weighted by molar-refractivity contribution is 5.98. The largest absolute Gasteiger partial charge is 0.482 e. The number of benzene rings is 2. The number of nitrogens with zero attached hydrogens (tertiary/aromatic N) is 5. The van der Waals surface area contributed by atoms with Crippen molar-refractivity contribution in [2.75, 3.05) is 23.5 Å². The Kier molecular flexibility index (Phi) is 5.80. The van der Waals surface area contributed by atoms with E-state index in [0.29, 0.717) is 35.2 Å². The lowest BCUT2D eigenvalue weighted by atomic mass is 10.1. The Bertz CT molecular complexity index is 1410. The Morgan fingerprint density at radius 1 is 1.11 bits per heavy atom. The first-order valence-electron chi connectivity index (χ1n) is 10.9. The van der Waals surface area contributed by atoms with Crippen molar-refractivity contribution >= 4 is 29.1 Å². The number of pyridine rings is 1.